The van der Waals surface area contributed by atoms with Gasteiger partial charge in [-0.05, 0) is 37.3 Å². The minimum atomic E-state index is -0.586. The number of likely N-dealkylation sites (tertiary alicyclic amines) is 1. The minimum absolute atomic E-state index is 0.00420. The lowest BCUT2D eigenvalue weighted by Crippen LogP contribution is -2.38. The van der Waals surface area contributed by atoms with Gasteiger partial charge in [0, 0.05) is 18.8 Å². The lowest BCUT2D eigenvalue weighted by atomic mass is 9.85. The van der Waals surface area contributed by atoms with E-state index in [1.165, 1.54) is 4.90 Å². The van der Waals surface area contributed by atoms with E-state index < -0.39 is 5.97 Å². The number of carbonyl (C=O) groups excluding carboxylic acids is 4. The average molecular weight is 396 g/mol. The number of rotatable bonds is 5. The van der Waals surface area contributed by atoms with Gasteiger partial charge in [-0.15, -0.1) is 0 Å². The number of ether oxygens (including phenoxy) is 1. The topological polar surface area (TPSA) is 84.0 Å². The number of hydrogen-bond acceptors (Lipinski definition) is 5. The van der Waals surface area contributed by atoms with Crippen molar-refractivity contribution in [2.45, 2.75) is 32.1 Å². The molecule has 2 aliphatic heterocycles. The first-order valence-corrected chi connectivity index (χ1v) is 10.1. The second-order valence-electron chi connectivity index (χ2n) is 7.67. The van der Waals surface area contributed by atoms with E-state index in [0.717, 1.165) is 24.1 Å². The molecule has 0 unspecified atom stereocenters. The highest BCUT2D eigenvalue weighted by atomic mass is 16.5. The standard InChI is InChI=1S/C22H24N2O5/c25-19(23-12-5-7-15-6-1-4-10-18(15)23)14-29-20(26)11-13-24-21(27)16-8-2-3-9-17(16)22(24)28/h1-4,6,10,16-17H,5,7-9,11-14H2/t16-,17-/m1/s1. The van der Waals surface area contributed by atoms with Crippen molar-refractivity contribution in [3.8, 4) is 0 Å². The molecule has 0 radical (unpaired) electrons. The van der Waals surface area contributed by atoms with Gasteiger partial charge in [-0.25, -0.2) is 0 Å². The predicted octanol–water partition coefficient (Wildman–Crippen LogP) is 1.85. The zero-order chi connectivity index (χ0) is 20.4. The molecular weight excluding hydrogens is 372 g/mol. The number of nitrogens with zero attached hydrogens (tertiary/aromatic N) is 2. The zero-order valence-electron chi connectivity index (χ0n) is 16.2. The Kier molecular flexibility index (Phi) is 5.47. The Morgan fingerprint density at radius 2 is 1.72 bits per heavy atom. The summed E-state index contributed by atoms with van der Waals surface area (Å²) in [6, 6.07) is 7.72. The molecule has 1 saturated heterocycles. The second-order valence-corrected chi connectivity index (χ2v) is 7.67. The molecule has 0 aromatic heterocycles. The number of fused-ring (bicyclic) bond motifs is 2. The van der Waals surface area contributed by atoms with Gasteiger partial charge in [-0.3, -0.25) is 24.1 Å². The Labute approximate surface area is 169 Å². The maximum Gasteiger partial charge on any atom is 0.308 e. The number of hydrogen-bond donors (Lipinski definition) is 0. The largest absolute Gasteiger partial charge is 0.455 e. The molecule has 7 nitrogen and oxygen atoms in total. The van der Waals surface area contributed by atoms with Crippen LogP contribution in [0.3, 0.4) is 0 Å². The van der Waals surface area contributed by atoms with E-state index in [1.54, 1.807) is 4.90 Å². The predicted molar refractivity (Wildman–Crippen MR) is 105 cm³/mol. The van der Waals surface area contributed by atoms with Crippen LogP contribution in [0.2, 0.25) is 0 Å². The highest BCUT2D eigenvalue weighted by Crippen LogP contribution is 2.35. The van der Waals surface area contributed by atoms with Crippen molar-refractivity contribution in [3.05, 3.63) is 42.0 Å². The summed E-state index contributed by atoms with van der Waals surface area (Å²) in [5.74, 6) is -1.88. The molecule has 2 atom stereocenters. The van der Waals surface area contributed by atoms with Gasteiger partial charge in [0.2, 0.25) is 11.8 Å². The monoisotopic (exact) mass is 396 g/mol. The van der Waals surface area contributed by atoms with Crippen molar-refractivity contribution in [2.75, 3.05) is 24.6 Å². The summed E-state index contributed by atoms with van der Waals surface area (Å²) in [6.45, 7) is 0.259. The van der Waals surface area contributed by atoms with E-state index in [4.69, 9.17) is 4.74 Å². The van der Waals surface area contributed by atoms with E-state index in [9.17, 15) is 19.2 Å². The van der Waals surface area contributed by atoms with E-state index >= 15 is 0 Å². The van der Waals surface area contributed by atoms with E-state index in [-0.39, 0.29) is 49.1 Å². The average Bonchev–Trinajstić information content (AvgIpc) is 3.00. The van der Waals surface area contributed by atoms with Crippen LogP contribution in [0.1, 0.15) is 31.2 Å². The van der Waals surface area contributed by atoms with Gasteiger partial charge in [-0.2, -0.15) is 0 Å². The summed E-state index contributed by atoms with van der Waals surface area (Å²) < 4.78 is 5.13. The molecule has 0 spiro atoms. The Balaban J connectivity index is 1.27. The Bertz CT molecular complexity index is 852. The highest BCUT2D eigenvalue weighted by molar-refractivity contribution is 6.05. The van der Waals surface area contributed by atoms with Gasteiger partial charge in [0.1, 0.15) is 0 Å². The number of imide groups is 1. The molecular formula is C22H24N2O5. The van der Waals surface area contributed by atoms with Crippen LogP contribution in [0.5, 0.6) is 0 Å². The van der Waals surface area contributed by atoms with Gasteiger partial charge >= 0.3 is 5.97 Å². The van der Waals surface area contributed by atoms with Crippen LogP contribution >= 0.6 is 0 Å². The zero-order valence-corrected chi connectivity index (χ0v) is 16.2. The van der Waals surface area contributed by atoms with Crippen LogP contribution in [0.25, 0.3) is 0 Å². The van der Waals surface area contributed by atoms with Crippen molar-refractivity contribution in [1.82, 2.24) is 4.90 Å². The lowest BCUT2D eigenvalue weighted by Gasteiger charge is -2.29. The number of aryl methyl sites for hydroxylation is 1. The summed E-state index contributed by atoms with van der Waals surface area (Å²) in [5, 5.41) is 0. The quantitative estimate of drug-likeness (QED) is 0.431. The number of esters is 1. The summed E-state index contributed by atoms with van der Waals surface area (Å²) in [6.07, 6.45) is 6.68. The lowest BCUT2D eigenvalue weighted by molar-refractivity contribution is -0.149. The van der Waals surface area contributed by atoms with Gasteiger partial charge in [-0.1, -0.05) is 30.4 Å². The number of anilines is 1. The summed E-state index contributed by atoms with van der Waals surface area (Å²) in [7, 11) is 0. The van der Waals surface area contributed by atoms with E-state index in [1.807, 2.05) is 36.4 Å². The van der Waals surface area contributed by atoms with Gasteiger partial charge in [0.05, 0.1) is 18.3 Å². The van der Waals surface area contributed by atoms with Gasteiger partial charge in [0.15, 0.2) is 6.61 Å². The van der Waals surface area contributed by atoms with E-state index in [2.05, 4.69) is 0 Å². The van der Waals surface area contributed by atoms with Crippen LogP contribution in [0.4, 0.5) is 5.69 Å². The molecule has 0 N–H and O–H groups in total. The smallest absolute Gasteiger partial charge is 0.308 e. The molecule has 1 fully saturated rings. The molecule has 7 heteroatoms. The number of carbonyl (C=O) groups is 4. The van der Waals surface area contributed by atoms with Crippen molar-refractivity contribution < 1.29 is 23.9 Å². The Morgan fingerprint density at radius 1 is 1.03 bits per heavy atom. The molecule has 152 valence electrons. The summed E-state index contributed by atoms with van der Waals surface area (Å²) >= 11 is 0. The molecule has 29 heavy (non-hydrogen) atoms. The first-order chi connectivity index (χ1) is 14.1. The normalized spacial score (nSPS) is 23.0. The molecule has 1 aromatic carbocycles. The third-order valence-electron chi connectivity index (χ3n) is 5.91. The fourth-order valence-electron chi connectivity index (χ4n) is 4.38. The first-order valence-electron chi connectivity index (χ1n) is 10.1. The van der Waals surface area contributed by atoms with Crippen LogP contribution in [-0.4, -0.2) is 48.3 Å². The fourth-order valence-corrected chi connectivity index (χ4v) is 4.38. The van der Waals surface area contributed by atoms with Gasteiger partial charge in [0.25, 0.3) is 5.91 Å². The first kappa shape index (κ1) is 19.4. The van der Waals surface area contributed by atoms with Crippen molar-refractivity contribution in [3.63, 3.8) is 0 Å². The van der Waals surface area contributed by atoms with Crippen LogP contribution in [-0.2, 0) is 30.3 Å². The molecule has 0 saturated carbocycles. The van der Waals surface area contributed by atoms with Crippen molar-refractivity contribution in [1.29, 1.82) is 0 Å². The SMILES string of the molecule is O=C(CCN1C(=O)[C@@H]2CC=CC[C@H]2C1=O)OCC(=O)N1CCCc2ccccc21. The highest BCUT2D eigenvalue weighted by Gasteiger charge is 2.46. The van der Waals surface area contributed by atoms with Crippen LogP contribution in [0.15, 0.2) is 36.4 Å². The number of amides is 3. The fraction of sp³-hybridized carbons (Fsp3) is 0.455. The van der Waals surface area contributed by atoms with Crippen molar-refractivity contribution >= 4 is 29.4 Å². The van der Waals surface area contributed by atoms with Crippen LogP contribution < -0.4 is 4.90 Å². The number of allylic oxidation sites excluding steroid dienone is 2. The molecule has 4 rings (SSSR count). The molecule has 0 bridgehead atoms. The molecule has 3 aliphatic rings. The number of para-hydroxylation sites is 1. The summed E-state index contributed by atoms with van der Waals surface area (Å²) in [5.41, 5.74) is 1.98. The summed E-state index contributed by atoms with van der Waals surface area (Å²) in [4.78, 5) is 52.3. The molecule has 1 aromatic rings. The van der Waals surface area contributed by atoms with E-state index in [0.29, 0.717) is 19.4 Å². The maximum atomic E-state index is 12.5. The Morgan fingerprint density at radius 3 is 2.45 bits per heavy atom. The molecule has 2 heterocycles. The molecule has 1 aliphatic carbocycles. The number of benzene rings is 1. The van der Waals surface area contributed by atoms with Gasteiger partial charge < -0.3 is 9.64 Å². The second kappa shape index (κ2) is 8.19. The van der Waals surface area contributed by atoms with Crippen LogP contribution in [0, 0.1) is 11.8 Å². The minimum Gasteiger partial charge on any atom is -0.455 e. The van der Waals surface area contributed by atoms with Crippen molar-refractivity contribution in [2.24, 2.45) is 11.8 Å². The third-order valence-corrected chi connectivity index (χ3v) is 5.91. The molecule has 3 amide bonds. The third kappa shape index (κ3) is 3.81. The maximum absolute atomic E-state index is 12.5. The Hall–Kier alpha value is -2.96.